The number of aromatic nitrogens is 4. The second-order valence-corrected chi connectivity index (χ2v) is 36.8. The van der Waals surface area contributed by atoms with E-state index in [1.54, 1.807) is 0 Å². The molecule has 0 radical (unpaired) electrons. The van der Waals surface area contributed by atoms with Crippen LogP contribution in [-0.4, -0.2) is 18.3 Å². The van der Waals surface area contributed by atoms with Crippen LogP contribution in [0.25, 0.3) is 284 Å². The van der Waals surface area contributed by atoms with Crippen molar-refractivity contribution in [1.29, 1.82) is 0 Å². The van der Waals surface area contributed by atoms with Crippen LogP contribution in [0.15, 0.2) is 429 Å². The lowest BCUT2D eigenvalue weighted by molar-refractivity contribution is 0.663. The number of hydrogen-bond acceptors (Lipinski definition) is 6. The number of aryl methyl sites for hydroxylation is 5. The van der Waals surface area contributed by atoms with Gasteiger partial charge in [-0.05, 0) is 149 Å². The third-order valence-corrected chi connectivity index (χ3v) is 29.7. The van der Waals surface area contributed by atoms with Crippen LogP contribution in [0.3, 0.4) is 0 Å². The molecule has 0 saturated carbocycles. The van der Waals surface area contributed by atoms with Gasteiger partial charge in [-0.2, -0.15) is 0 Å². The first-order valence-electron chi connectivity index (χ1n) is 46.0. The van der Waals surface area contributed by atoms with Crippen molar-refractivity contribution < 1.29 is 22.1 Å². The largest absolute Gasteiger partial charge is 0.455 e. The maximum absolute atomic E-state index is 6.83. The molecular weight excluding hydrogens is 1670 g/mol. The van der Waals surface area contributed by atoms with Gasteiger partial charge in [0, 0.05) is 223 Å². The highest BCUT2D eigenvalue weighted by Crippen LogP contribution is 2.49. The van der Waals surface area contributed by atoms with Gasteiger partial charge in [0.2, 0.25) is 0 Å². The lowest BCUT2D eigenvalue weighted by Crippen LogP contribution is -1.87. The molecular formula is C125H82N4O5S. The highest BCUT2D eigenvalue weighted by atomic mass is 32.1. The maximum Gasteiger partial charge on any atom is 0.143 e. The Morgan fingerprint density at radius 3 is 0.778 bits per heavy atom. The molecule has 9 nitrogen and oxygen atoms in total. The van der Waals surface area contributed by atoms with E-state index in [9.17, 15) is 0 Å². The van der Waals surface area contributed by atoms with E-state index in [1.807, 2.05) is 47.7 Å². The van der Waals surface area contributed by atoms with Crippen LogP contribution >= 0.6 is 11.3 Å². The molecule has 0 aliphatic heterocycles. The molecule has 10 heterocycles. The minimum atomic E-state index is 0.880. The van der Waals surface area contributed by atoms with Crippen molar-refractivity contribution in [3.8, 4) is 66.8 Å². The molecule has 10 aromatic heterocycles. The highest BCUT2D eigenvalue weighted by molar-refractivity contribution is 7.26. The van der Waals surface area contributed by atoms with Crippen LogP contribution in [0.5, 0.6) is 0 Å². The van der Waals surface area contributed by atoms with E-state index in [4.69, 9.17) is 22.1 Å². The summed E-state index contributed by atoms with van der Waals surface area (Å²) in [5.74, 6) is 0. The van der Waals surface area contributed by atoms with Gasteiger partial charge in [0.1, 0.15) is 55.8 Å². The summed E-state index contributed by atoms with van der Waals surface area (Å²) in [6.07, 6.45) is 0. The molecule has 0 amide bonds. The molecule has 10 heteroatoms. The summed E-state index contributed by atoms with van der Waals surface area (Å²) in [6.45, 7) is 2.10. The van der Waals surface area contributed by atoms with Crippen molar-refractivity contribution in [2.24, 2.45) is 28.2 Å². The quantitative estimate of drug-likeness (QED) is 0.166. The average molecular weight is 1750 g/mol. The summed E-state index contributed by atoms with van der Waals surface area (Å²) in [5, 5.41) is 24.3. The smallest absolute Gasteiger partial charge is 0.143 e. The van der Waals surface area contributed by atoms with Crippen molar-refractivity contribution in [3.63, 3.8) is 0 Å². The maximum atomic E-state index is 6.83. The lowest BCUT2D eigenvalue weighted by atomic mass is 9.98. The average Bonchev–Trinajstić information content (AvgIpc) is 1.58. The van der Waals surface area contributed by atoms with E-state index >= 15 is 0 Å². The number of nitrogens with zero attached hydrogens (tertiary/aromatic N) is 4. The van der Waals surface area contributed by atoms with Crippen molar-refractivity contribution in [2.45, 2.75) is 6.92 Å². The number of thiophene rings is 1. The molecule has 20 aromatic carbocycles. The Labute approximate surface area is 777 Å². The predicted octanol–water partition coefficient (Wildman–Crippen LogP) is 35.5. The minimum Gasteiger partial charge on any atom is -0.455 e. The number of furan rings is 5. The molecule has 30 aromatic rings. The molecule has 0 aliphatic rings. The van der Waals surface area contributed by atoms with Crippen molar-refractivity contribution >= 4 is 228 Å². The van der Waals surface area contributed by atoms with Crippen LogP contribution < -0.4 is 0 Å². The first-order chi connectivity index (χ1) is 66.5. The molecule has 0 aliphatic carbocycles. The van der Waals surface area contributed by atoms with E-state index in [1.165, 1.54) is 135 Å². The number of benzene rings is 20. The zero-order valence-corrected chi connectivity index (χ0v) is 75.2. The molecule has 0 bridgehead atoms. The van der Waals surface area contributed by atoms with E-state index in [-0.39, 0.29) is 0 Å². The van der Waals surface area contributed by atoms with Gasteiger partial charge in [-0.25, -0.2) is 0 Å². The molecule has 0 N–H and O–H groups in total. The third kappa shape index (κ3) is 12.1. The second kappa shape index (κ2) is 30.5. The fraction of sp³-hybridized carbons (Fsp3) is 0.0400. The van der Waals surface area contributed by atoms with Gasteiger partial charge in [-0.1, -0.05) is 303 Å². The fourth-order valence-corrected chi connectivity index (χ4v) is 23.1. The molecule has 0 atom stereocenters. The lowest BCUT2D eigenvalue weighted by Gasteiger charge is -2.05. The van der Waals surface area contributed by atoms with Crippen LogP contribution in [0.1, 0.15) is 5.56 Å². The summed E-state index contributed by atoms with van der Waals surface area (Å²) in [5.41, 5.74) is 34.1. The minimum absolute atomic E-state index is 0.880. The Kier molecular flexibility index (Phi) is 17.5. The Bertz CT molecular complexity index is 9800. The zero-order valence-electron chi connectivity index (χ0n) is 74.4. The molecule has 135 heavy (non-hydrogen) atoms. The standard InChI is InChI=1S/C38H25NO2.C37H23NO2.C25H17NO.C25H17NS/c1-22-9-5-12-26-27-14-7-16-30(37(27)40-35(22)26)31-17-8-15-29-28-13-6-11-24(36(28)41-38(29)31)23-19-20-34-32(21-23)25-10-3-4-18-33(25)39(34)2;1-38-32-18-16-22(24-10-6-12-28-26-8-2-4-14-34(26)39-36(24)28)20-30(32)31-21-23(17-19-33(31)38)25-11-7-13-29-27-9-3-5-15-35(27)40-37(25)29;2*1-26-22-11-4-2-7-18(22)21-15-16(13-14-23(21)26)17-9-6-10-20-19-8-3-5-12-24(19)27-25(17)20/h3-21H,1-2H3;2-21H,1H3;2*2-15H,1H3. The first kappa shape index (κ1) is 77.7. The summed E-state index contributed by atoms with van der Waals surface area (Å²) in [6, 6.07) is 145. The normalized spacial score (nSPS) is 12.0. The van der Waals surface area contributed by atoms with Crippen LogP contribution in [-0.2, 0) is 28.2 Å². The molecule has 0 unspecified atom stereocenters. The van der Waals surface area contributed by atoms with Crippen LogP contribution in [0, 0.1) is 6.92 Å². The Morgan fingerprint density at radius 2 is 0.407 bits per heavy atom. The third-order valence-electron chi connectivity index (χ3n) is 28.5. The van der Waals surface area contributed by atoms with Crippen LogP contribution in [0.2, 0.25) is 0 Å². The summed E-state index contributed by atoms with van der Waals surface area (Å²) >= 11 is 1.89. The highest BCUT2D eigenvalue weighted by Gasteiger charge is 2.25. The predicted molar refractivity (Wildman–Crippen MR) is 568 cm³/mol. The monoisotopic (exact) mass is 1750 g/mol. The van der Waals surface area contributed by atoms with Crippen molar-refractivity contribution in [3.05, 3.63) is 412 Å². The van der Waals surface area contributed by atoms with E-state index in [0.717, 1.165) is 155 Å². The van der Waals surface area contributed by atoms with E-state index < -0.39 is 0 Å². The second-order valence-electron chi connectivity index (χ2n) is 35.8. The Balaban J connectivity index is 0.0000000931. The topological polar surface area (TPSA) is 85.4 Å². The van der Waals surface area contributed by atoms with Gasteiger partial charge in [-0.15, -0.1) is 11.3 Å². The number of hydrogen-bond donors (Lipinski definition) is 0. The number of para-hydroxylation sites is 13. The first-order valence-corrected chi connectivity index (χ1v) is 46.8. The molecule has 30 rings (SSSR count). The van der Waals surface area contributed by atoms with Crippen LogP contribution in [0.4, 0.5) is 0 Å². The van der Waals surface area contributed by atoms with E-state index in [2.05, 4.69) is 423 Å². The fourth-order valence-electron chi connectivity index (χ4n) is 21.9. The van der Waals surface area contributed by atoms with Gasteiger partial charge in [0.25, 0.3) is 0 Å². The van der Waals surface area contributed by atoms with Gasteiger partial charge < -0.3 is 40.4 Å². The molecule has 0 saturated heterocycles. The Hall–Kier alpha value is -17.2. The van der Waals surface area contributed by atoms with Gasteiger partial charge in [-0.3, -0.25) is 0 Å². The summed E-state index contributed by atoms with van der Waals surface area (Å²) < 4.78 is 44.1. The SMILES string of the molecule is Cc1cccc2c1oc1c(-c3cccc4c3oc3c(-c5ccc6c(c5)c5ccccc5n6C)cccc34)cccc12.Cn1c2ccc(-c3cccc4c3oc3ccccc34)cc2c2cc(-c3cccc4c3oc3ccccc34)ccc21.Cn1c2ccccc2c2cc(-c3cccc4c3oc3ccccc34)ccc21.Cn1c2ccccc2c2cc(-c3cccc4c3sc3ccccc34)ccc21. The Morgan fingerprint density at radius 1 is 0.170 bits per heavy atom. The summed E-state index contributed by atoms with van der Waals surface area (Å²) in [7, 11) is 8.56. The molecule has 0 spiro atoms. The van der Waals surface area contributed by atoms with Gasteiger partial charge in [0.15, 0.2) is 0 Å². The number of rotatable bonds is 6. The number of fused-ring (bicyclic) bond motifs is 30. The van der Waals surface area contributed by atoms with Crippen molar-refractivity contribution in [1.82, 2.24) is 18.3 Å². The van der Waals surface area contributed by atoms with Gasteiger partial charge >= 0.3 is 0 Å². The van der Waals surface area contributed by atoms with E-state index in [0.29, 0.717) is 0 Å². The molecule has 638 valence electrons. The van der Waals surface area contributed by atoms with Crippen molar-refractivity contribution in [2.75, 3.05) is 0 Å². The zero-order chi connectivity index (χ0) is 89.5. The van der Waals surface area contributed by atoms with Gasteiger partial charge in [0.05, 0.1) is 0 Å². The summed E-state index contributed by atoms with van der Waals surface area (Å²) in [4.78, 5) is 0. The molecule has 0 fully saturated rings.